The second-order valence-corrected chi connectivity index (χ2v) is 31.6. The standard InChI is InChI=1S/C77H150O17P2/c1-7-9-11-13-15-17-18-19-20-21-25-31-36-42-48-54-60-75(80)88-66-73(94-76(81)61-55-49-43-37-32-26-23-22-24-29-34-39-45-51-57-69(3)4)68-92-96(85,86)90-64-71(78)63-89-95(83,84)91-67-72(65-87-74(79)59-53-47-41-16-14-12-10-8-2)93-77(82)62-56-50-44-38-33-28-27-30-35-40-46-52-58-70(5)6/h69-73,78H,7-68H2,1-6H3,(H,83,84)(H,85,86)/t71-,72+,73+/m0/s1. The number of phosphoric acid groups is 2. The Balaban J connectivity index is 5.22. The van der Waals surface area contributed by atoms with Gasteiger partial charge in [0.25, 0.3) is 0 Å². The Morgan fingerprint density at radius 1 is 0.281 bits per heavy atom. The quantitative estimate of drug-likeness (QED) is 0.0222. The van der Waals surface area contributed by atoms with E-state index in [-0.39, 0.29) is 25.7 Å². The fraction of sp³-hybridized carbons (Fsp3) is 0.948. The molecule has 0 aliphatic rings. The number of esters is 4. The Kier molecular flexibility index (Phi) is 67.4. The number of phosphoric ester groups is 2. The summed E-state index contributed by atoms with van der Waals surface area (Å²) in [5.74, 6) is -0.543. The van der Waals surface area contributed by atoms with Crippen molar-refractivity contribution in [2.45, 2.75) is 419 Å². The first kappa shape index (κ1) is 94.1. The average Bonchev–Trinajstić information content (AvgIpc) is 1.61. The molecule has 2 unspecified atom stereocenters. The zero-order valence-electron chi connectivity index (χ0n) is 62.7. The predicted octanol–water partition coefficient (Wildman–Crippen LogP) is 22.7. The van der Waals surface area contributed by atoms with E-state index >= 15 is 0 Å². The van der Waals surface area contributed by atoms with E-state index in [1.807, 2.05) is 0 Å². The van der Waals surface area contributed by atoms with Crippen LogP contribution < -0.4 is 0 Å². The van der Waals surface area contributed by atoms with E-state index < -0.39 is 97.5 Å². The number of carbonyl (C=O) groups is 4. The highest BCUT2D eigenvalue weighted by Crippen LogP contribution is 2.45. The average molecular weight is 1410 g/mol. The van der Waals surface area contributed by atoms with E-state index in [0.29, 0.717) is 25.7 Å². The number of hydrogen-bond donors (Lipinski definition) is 3. The molecule has 0 aliphatic carbocycles. The van der Waals surface area contributed by atoms with Gasteiger partial charge in [0.05, 0.1) is 26.4 Å². The summed E-state index contributed by atoms with van der Waals surface area (Å²) in [6, 6.07) is 0. The van der Waals surface area contributed by atoms with Crippen LogP contribution in [0, 0.1) is 11.8 Å². The number of ether oxygens (including phenoxy) is 4. The Labute approximate surface area is 588 Å². The molecule has 17 nitrogen and oxygen atoms in total. The summed E-state index contributed by atoms with van der Waals surface area (Å²) in [6.45, 7) is 9.62. The molecule has 96 heavy (non-hydrogen) atoms. The summed E-state index contributed by atoms with van der Waals surface area (Å²) in [4.78, 5) is 72.8. The first-order valence-corrected chi connectivity index (χ1v) is 43.0. The minimum atomic E-state index is -4.96. The lowest BCUT2D eigenvalue weighted by molar-refractivity contribution is -0.161. The summed E-state index contributed by atoms with van der Waals surface area (Å²) in [5, 5.41) is 10.6. The molecular weight excluding hydrogens is 1260 g/mol. The van der Waals surface area contributed by atoms with Crippen molar-refractivity contribution in [2.24, 2.45) is 11.8 Å². The van der Waals surface area contributed by atoms with Gasteiger partial charge in [0.2, 0.25) is 0 Å². The number of aliphatic hydroxyl groups is 1. The van der Waals surface area contributed by atoms with Crippen LogP contribution in [-0.4, -0.2) is 96.7 Å². The van der Waals surface area contributed by atoms with E-state index in [2.05, 4.69) is 41.5 Å². The van der Waals surface area contributed by atoms with Gasteiger partial charge in [0.15, 0.2) is 12.2 Å². The number of aliphatic hydroxyl groups excluding tert-OH is 1. The van der Waals surface area contributed by atoms with Crippen LogP contribution in [0.15, 0.2) is 0 Å². The van der Waals surface area contributed by atoms with Crippen LogP contribution in [0.4, 0.5) is 0 Å². The molecule has 0 aromatic carbocycles. The normalized spacial score (nSPS) is 14.0. The molecule has 0 saturated carbocycles. The van der Waals surface area contributed by atoms with Crippen molar-refractivity contribution in [1.29, 1.82) is 0 Å². The molecule has 570 valence electrons. The topological polar surface area (TPSA) is 237 Å². The first-order valence-electron chi connectivity index (χ1n) is 40.0. The molecule has 0 bridgehead atoms. The van der Waals surface area contributed by atoms with Crippen LogP contribution in [0.25, 0.3) is 0 Å². The van der Waals surface area contributed by atoms with Crippen molar-refractivity contribution in [3.8, 4) is 0 Å². The van der Waals surface area contributed by atoms with Gasteiger partial charge in [-0.3, -0.25) is 37.3 Å². The second kappa shape index (κ2) is 68.8. The minimum Gasteiger partial charge on any atom is -0.462 e. The third kappa shape index (κ3) is 70.5. The molecule has 19 heteroatoms. The molecule has 0 radical (unpaired) electrons. The number of hydrogen-bond acceptors (Lipinski definition) is 15. The summed E-state index contributed by atoms with van der Waals surface area (Å²) in [5.41, 5.74) is 0. The molecular formula is C77H150O17P2. The SMILES string of the molecule is CCCCCCCCCCCCCCCCCCC(=O)OC[C@H](COP(=O)(O)OC[C@@H](O)COP(=O)(O)OC[C@@H](COC(=O)CCCCCCCCCC)OC(=O)CCCCCCCCCCCCCCC(C)C)OC(=O)CCCCCCCCCCCCCCCCC(C)C. The van der Waals surface area contributed by atoms with Gasteiger partial charge in [-0.15, -0.1) is 0 Å². The van der Waals surface area contributed by atoms with Crippen LogP contribution in [-0.2, 0) is 65.4 Å². The fourth-order valence-corrected chi connectivity index (χ4v) is 13.4. The molecule has 0 spiro atoms. The van der Waals surface area contributed by atoms with Crippen LogP contribution >= 0.6 is 15.6 Å². The molecule has 0 aromatic heterocycles. The van der Waals surface area contributed by atoms with Gasteiger partial charge in [-0.25, -0.2) is 9.13 Å². The van der Waals surface area contributed by atoms with E-state index in [4.69, 9.17) is 37.0 Å². The molecule has 0 saturated heterocycles. The Hall–Kier alpha value is -1.94. The van der Waals surface area contributed by atoms with E-state index in [1.54, 1.807) is 0 Å². The summed E-state index contributed by atoms with van der Waals surface area (Å²) >= 11 is 0. The van der Waals surface area contributed by atoms with Crippen LogP contribution in [0.5, 0.6) is 0 Å². The highest BCUT2D eigenvalue weighted by atomic mass is 31.2. The van der Waals surface area contributed by atoms with Crippen molar-refractivity contribution in [1.82, 2.24) is 0 Å². The van der Waals surface area contributed by atoms with E-state index in [9.17, 15) is 43.2 Å². The molecule has 0 fully saturated rings. The second-order valence-electron chi connectivity index (χ2n) is 28.7. The maximum atomic E-state index is 13.1. The molecule has 0 aromatic rings. The first-order chi connectivity index (χ1) is 46.4. The van der Waals surface area contributed by atoms with Gasteiger partial charge in [0, 0.05) is 25.7 Å². The lowest BCUT2D eigenvalue weighted by Gasteiger charge is -2.21. The van der Waals surface area contributed by atoms with E-state index in [0.717, 1.165) is 108 Å². The number of unbranched alkanes of at least 4 members (excludes halogenated alkanes) is 46. The zero-order valence-corrected chi connectivity index (χ0v) is 64.5. The summed E-state index contributed by atoms with van der Waals surface area (Å²) in [7, 11) is -9.91. The van der Waals surface area contributed by atoms with Gasteiger partial charge in [-0.1, -0.05) is 350 Å². The summed E-state index contributed by atoms with van der Waals surface area (Å²) in [6.07, 6.45) is 56.9. The third-order valence-electron chi connectivity index (χ3n) is 18.0. The number of rotatable bonds is 76. The van der Waals surface area contributed by atoms with E-state index in [1.165, 1.54) is 212 Å². The van der Waals surface area contributed by atoms with Crippen LogP contribution in [0.2, 0.25) is 0 Å². The molecule has 0 rings (SSSR count). The van der Waals surface area contributed by atoms with Gasteiger partial charge in [0.1, 0.15) is 19.3 Å². The smallest absolute Gasteiger partial charge is 0.462 e. The van der Waals surface area contributed by atoms with Crippen molar-refractivity contribution in [2.75, 3.05) is 39.6 Å². The Morgan fingerprint density at radius 2 is 0.479 bits per heavy atom. The highest BCUT2D eigenvalue weighted by molar-refractivity contribution is 7.47. The molecule has 0 aliphatic heterocycles. The predicted molar refractivity (Wildman–Crippen MR) is 391 cm³/mol. The van der Waals surface area contributed by atoms with Crippen LogP contribution in [0.1, 0.15) is 401 Å². The van der Waals surface area contributed by atoms with Gasteiger partial charge < -0.3 is 33.8 Å². The van der Waals surface area contributed by atoms with Gasteiger partial charge in [-0.05, 0) is 37.5 Å². The van der Waals surface area contributed by atoms with Gasteiger partial charge >= 0.3 is 39.5 Å². The summed E-state index contributed by atoms with van der Waals surface area (Å²) < 4.78 is 68.5. The zero-order chi connectivity index (χ0) is 70.7. The molecule has 5 atom stereocenters. The maximum absolute atomic E-state index is 13.1. The Morgan fingerprint density at radius 3 is 0.708 bits per heavy atom. The van der Waals surface area contributed by atoms with Crippen molar-refractivity contribution in [3.63, 3.8) is 0 Å². The molecule has 3 N–H and O–H groups in total. The lowest BCUT2D eigenvalue weighted by Crippen LogP contribution is -2.30. The highest BCUT2D eigenvalue weighted by Gasteiger charge is 2.30. The lowest BCUT2D eigenvalue weighted by atomic mass is 10.0. The van der Waals surface area contributed by atoms with Crippen molar-refractivity contribution in [3.05, 3.63) is 0 Å². The minimum absolute atomic E-state index is 0.107. The van der Waals surface area contributed by atoms with Crippen molar-refractivity contribution < 1.29 is 80.2 Å². The Bertz CT molecular complexity index is 1860. The monoisotopic (exact) mass is 1410 g/mol. The maximum Gasteiger partial charge on any atom is 0.472 e. The third-order valence-corrected chi connectivity index (χ3v) is 19.9. The van der Waals surface area contributed by atoms with Crippen LogP contribution in [0.3, 0.4) is 0 Å². The van der Waals surface area contributed by atoms with Gasteiger partial charge in [-0.2, -0.15) is 0 Å². The number of carbonyl (C=O) groups excluding carboxylic acids is 4. The largest absolute Gasteiger partial charge is 0.472 e. The fourth-order valence-electron chi connectivity index (χ4n) is 11.8. The van der Waals surface area contributed by atoms with Crippen molar-refractivity contribution >= 4 is 39.5 Å². The molecule has 0 amide bonds. The molecule has 0 heterocycles.